The van der Waals surface area contributed by atoms with E-state index < -0.39 is 0 Å². The lowest BCUT2D eigenvalue weighted by Crippen LogP contribution is -2.48. The van der Waals surface area contributed by atoms with E-state index in [4.69, 9.17) is 11.6 Å². The highest BCUT2D eigenvalue weighted by Crippen LogP contribution is 2.35. The lowest BCUT2D eigenvalue weighted by atomic mass is 10.0. The third-order valence-electron chi connectivity index (χ3n) is 5.85. The molecule has 5 rings (SSSR count). The second kappa shape index (κ2) is 9.23. The number of benzene rings is 2. The summed E-state index contributed by atoms with van der Waals surface area (Å²) in [5.41, 5.74) is 3.70. The number of rotatable bonds is 5. The Balaban J connectivity index is 1.47. The molecule has 4 aromatic rings. The molecular weight excluding hydrogens is 455 g/mol. The number of carbonyl (C=O) groups is 1. The molecule has 172 valence electrons. The summed E-state index contributed by atoms with van der Waals surface area (Å²) >= 11 is 6.51. The number of piperazine rings is 1. The van der Waals surface area contributed by atoms with Crippen molar-refractivity contribution < 1.29 is 9.18 Å². The van der Waals surface area contributed by atoms with Crippen LogP contribution in [0.15, 0.2) is 61.1 Å². The van der Waals surface area contributed by atoms with Crippen molar-refractivity contribution in [2.45, 2.75) is 13.0 Å². The van der Waals surface area contributed by atoms with Crippen molar-refractivity contribution in [2.75, 3.05) is 29.9 Å². The van der Waals surface area contributed by atoms with Crippen LogP contribution in [0.2, 0.25) is 5.02 Å². The SMILES string of the molecule is C[C@@H](Nc1c(Cl)cnc2ccc(-c3cnc(N4CCNC(=O)C4)nc3)cc12)c1ccccc1F. The molecule has 1 atom stereocenters. The molecule has 1 aliphatic rings. The van der Waals surface area contributed by atoms with Crippen molar-refractivity contribution in [3.8, 4) is 11.1 Å². The van der Waals surface area contributed by atoms with E-state index in [1.54, 1.807) is 36.8 Å². The average molecular weight is 477 g/mol. The highest BCUT2D eigenvalue weighted by atomic mass is 35.5. The Labute approximate surface area is 201 Å². The van der Waals surface area contributed by atoms with Gasteiger partial charge in [-0.3, -0.25) is 9.78 Å². The van der Waals surface area contributed by atoms with Crippen LogP contribution < -0.4 is 15.5 Å². The predicted molar refractivity (Wildman–Crippen MR) is 131 cm³/mol. The van der Waals surface area contributed by atoms with E-state index in [0.29, 0.717) is 35.3 Å². The van der Waals surface area contributed by atoms with Crippen LogP contribution in [0.4, 0.5) is 16.0 Å². The standard InChI is InChI=1S/C25H22ClFN6O/c1-15(18-4-2-3-5-21(18)27)32-24-19-10-16(6-7-22(19)29-13-20(24)26)17-11-30-25(31-12-17)33-9-8-28-23(34)14-33/h2-7,10-13,15H,8-9,14H2,1H3,(H,28,34)(H,29,32)/t15-/m1/s1. The largest absolute Gasteiger partial charge is 0.377 e. The minimum atomic E-state index is -0.308. The lowest BCUT2D eigenvalue weighted by molar-refractivity contribution is -0.120. The van der Waals surface area contributed by atoms with E-state index in [2.05, 4.69) is 25.6 Å². The molecule has 7 nitrogen and oxygen atoms in total. The fourth-order valence-electron chi connectivity index (χ4n) is 4.06. The van der Waals surface area contributed by atoms with Crippen LogP contribution in [0.25, 0.3) is 22.0 Å². The van der Waals surface area contributed by atoms with E-state index in [1.807, 2.05) is 30.0 Å². The van der Waals surface area contributed by atoms with Crippen LogP contribution in [0.5, 0.6) is 0 Å². The minimum absolute atomic E-state index is 0.0394. The first-order valence-electron chi connectivity index (χ1n) is 10.9. The van der Waals surface area contributed by atoms with Gasteiger partial charge < -0.3 is 15.5 Å². The van der Waals surface area contributed by atoms with Crippen molar-refractivity contribution in [3.63, 3.8) is 0 Å². The van der Waals surface area contributed by atoms with Gasteiger partial charge in [-0.2, -0.15) is 0 Å². The molecule has 2 aromatic heterocycles. The molecule has 0 unspecified atom stereocenters. The number of nitrogens with one attached hydrogen (secondary N) is 2. The maximum Gasteiger partial charge on any atom is 0.239 e. The zero-order valence-corrected chi connectivity index (χ0v) is 19.2. The average Bonchev–Trinajstić information content (AvgIpc) is 2.86. The van der Waals surface area contributed by atoms with E-state index in [-0.39, 0.29) is 24.3 Å². The molecule has 0 aliphatic carbocycles. The van der Waals surface area contributed by atoms with E-state index in [0.717, 1.165) is 22.0 Å². The number of aromatic nitrogens is 3. The molecular formula is C25H22ClFN6O. The first-order chi connectivity index (χ1) is 16.5. The molecule has 9 heteroatoms. The topological polar surface area (TPSA) is 83.0 Å². The highest BCUT2D eigenvalue weighted by Gasteiger charge is 2.19. The zero-order chi connectivity index (χ0) is 23.7. The van der Waals surface area contributed by atoms with Gasteiger partial charge in [-0.1, -0.05) is 35.9 Å². The molecule has 3 heterocycles. The fraction of sp³-hybridized carbons (Fsp3) is 0.200. The predicted octanol–water partition coefficient (Wildman–Crippen LogP) is 4.59. The number of fused-ring (bicyclic) bond motifs is 1. The summed E-state index contributed by atoms with van der Waals surface area (Å²) in [4.78, 5) is 26.9. The Morgan fingerprint density at radius 2 is 1.88 bits per heavy atom. The summed E-state index contributed by atoms with van der Waals surface area (Å²) in [6.07, 6.45) is 5.07. The van der Waals surface area contributed by atoms with Gasteiger partial charge >= 0.3 is 0 Å². The van der Waals surface area contributed by atoms with Gasteiger partial charge in [-0.25, -0.2) is 14.4 Å². The third kappa shape index (κ3) is 4.36. The van der Waals surface area contributed by atoms with Gasteiger partial charge in [0.15, 0.2) is 0 Å². The molecule has 1 fully saturated rings. The lowest BCUT2D eigenvalue weighted by Gasteiger charge is -2.26. The monoisotopic (exact) mass is 476 g/mol. The molecule has 1 amide bonds. The Bertz CT molecular complexity index is 1360. The number of amides is 1. The Hall–Kier alpha value is -3.78. The van der Waals surface area contributed by atoms with Crippen molar-refractivity contribution in [3.05, 3.63) is 77.5 Å². The van der Waals surface area contributed by atoms with Crippen molar-refractivity contribution in [1.29, 1.82) is 0 Å². The second-order valence-electron chi connectivity index (χ2n) is 8.14. The Morgan fingerprint density at radius 3 is 2.65 bits per heavy atom. The van der Waals surface area contributed by atoms with Crippen LogP contribution in [0, 0.1) is 5.82 Å². The molecule has 0 radical (unpaired) electrons. The van der Waals surface area contributed by atoms with Gasteiger partial charge in [0.05, 0.1) is 28.8 Å². The number of anilines is 2. The summed E-state index contributed by atoms with van der Waals surface area (Å²) < 4.78 is 14.3. The molecule has 0 bridgehead atoms. The normalized spacial score (nSPS) is 14.7. The van der Waals surface area contributed by atoms with E-state index in [9.17, 15) is 9.18 Å². The maximum atomic E-state index is 14.3. The minimum Gasteiger partial charge on any atom is -0.377 e. The molecule has 1 aliphatic heterocycles. The van der Waals surface area contributed by atoms with Crippen LogP contribution in [-0.4, -0.2) is 40.5 Å². The summed E-state index contributed by atoms with van der Waals surface area (Å²) in [7, 11) is 0. The maximum absolute atomic E-state index is 14.3. The Kier molecular flexibility index (Phi) is 5.98. The molecule has 2 N–H and O–H groups in total. The fourth-order valence-corrected chi connectivity index (χ4v) is 4.26. The number of hydrogen-bond donors (Lipinski definition) is 2. The summed E-state index contributed by atoms with van der Waals surface area (Å²) in [6, 6.07) is 12.2. The summed E-state index contributed by atoms with van der Waals surface area (Å²) in [6.45, 7) is 3.37. The van der Waals surface area contributed by atoms with Crippen LogP contribution in [-0.2, 0) is 4.79 Å². The third-order valence-corrected chi connectivity index (χ3v) is 6.13. The molecule has 34 heavy (non-hydrogen) atoms. The van der Waals surface area contributed by atoms with Crippen LogP contribution >= 0.6 is 11.6 Å². The van der Waals surface area contributed by atoms with Crippen molar-refractivity contribution in [1.82, 2.24) is 20.3 Å². The van der Waals surface area contributed by atoms with Gasteiger partial charge in [-0.15, -0.1) is 0 Å². The first-order valence-corrected chi connectivity index (χ1v) is 11.3. The highest BCUT2D eigenvalue weighted by molar-refractivity contribution is 6.34. The van der Waals surface area contributed by atoms with Gasteiger partial charge in [0, 0.05) is 48.2 Å². The number of halogens is 2. The number of hydrogen-bond acceptors (Lipinski definition) is 6. The van der Waals surface area contributed by atoms with Gasteiger partial charge in [0.25, 0.3) is 0 Å². The van der Waals surface area contributed by atoms with Crippen LogP contribution in [0.1, 0.15) is 18.5 Å². The van der Waals surface area contributed by atoms with E-state index >= 15 is 0 Å². The quantitative estimate of drug-likeness (QED) is 0.438. The summed E-state index contributed by atoms with van der Waals surface area (Å²) in [5.74, 6) is 0.203. The van der Waals surface area contributed by atoms with Gasteiger partial charge in [-0.05, 0) is 30.7 Å². The molecule has 0 spiro atoms. The molecule has 0 saturated carbocycles. The Morgan fingerprint density at radius 1 is 1.09 bits per heavy atom. The van der Waals surface area contributed by atoms with Gasteiger partial charge in [0.2, 0.25) is 11.9 Å². The smallest absolute Gasteiger partial charge is 0.239 e. The number of carbonyl (C=O) groups excluding carboxylic acids is 1. The number of nitrogens with zero attached hydrogens (tertiary/aromatic N) is 4. The first kappa shape index (κ1) is 22.0. The zero-order valence-electron chi connectivity index (χ0n) is 18.4. The number of pyridine rings is 1. The molecule has 1 saturated heterocycles. The second-order valence-corrected chi connectivity index (χ2v) is 8.55. The van der Waals surface area contributed by atoms with Crippen molar-refractivity contribution >= 4 is 40.0 Å². The molecule has 2 aromatic carbocycles. The van der Waals surface area contributed by atoms with Crippen LogP contribution in [0.3, 0.4) is 0 Å². The van der Waals surface area contributed by atoms with Crippen molar-refractivity contribution in [2.24, 2.45) is 0 Å². The summed E-state index contributed by atoms with van der Waals surface area (Å²) in [5, 5.41) is 7.41. The van der Waals surface area contributed by atoms with Gasteiger partial charge in [0.1, 0.15) is 5.82 Å². The van der Waals surface area contributed by atoms with E-state index in [1.165, 1.54) is 6.07 Å².